The van der Waals surface area contributed by atoms with Crippen molar-refractivity contribution >= 4 is 16.8 Å². The molecule has 0 spiro atoms. The first kappa shape index (κ1) is 19.2. The fourth-order valence-corrected chi connectivity index (χ4v) is 3.16. The Balaban J connectivity index is 1.83. The fraction of sp³-hybridized carbons (Fsp3) is 0.0870. The number of hydrogen-bond acceptors (Lipinski definition) is 5. The largest absolute Gasteiger partial charge is 0.493 e. The van der Waals surface area contributed by atoms with Crippen LogP contribution in [-0.2, 0) is 0 Å². The molecular weight excluding hydrogens is 382 g/mol. The number of methoxy groups -OCH3 is 2. The average Bonchev–Trinajstić information content (AvgIpc) is 2.80. The Morgan fingerprint density at radius 2 is 1.60 bits per heavy atom. The highest BCUT2D eigenvalue weighted by Gasteiger charge is 2.17. The summed E-state index contributed by atoms with van der Waals surface area (Å²) in [6.45, 7) is 0. The second-order valence-electron chi connectivity index (χ2n) is 6.47. The van der Waals surface area contributed by atoms with Gasteiger partial charge < -0.3 is 9.47 Å². The Bertz CT molecular complexity index is 1280. The van der Waals surface area contributed by atoms with Crippen LogP contribution in [0.4, 0.5) is 0 Å². The van der Waals surface area contributed by atoms with Crippen molar-refractivity contribution in [1.29, 1.82) is 0 Å². The zero-order valence-electron chi connectivity index (χ0n) is 16.5. The third-order valence-electron chi connectivity index (χ3n) is 4.67. The molecule has 30 heavy (non-hydrogen) atoms. The van der Waals surface area contributed by atoms with E-state index in [9.17, 15) is 9.59 Å². The molecule has 1 aromatic heterocycles. The van der Waals surface area contributed by atoms with Gasteiger partial charge in [0.25, 0.3) is 11.5 Å². The van der Waals surface area contributed by atoms with Crippen molar-refractivity contribution in [2.45, 2.75) is 0 Å². The lowest BCUT2D eigenvalue weighted by Gasteiger charge is -2.15. The van der Waals surface area contributed by atoms with Crippen molar-refractivity contribution in [3.63, 3.8) is 0 Å². The van der Waals surface area contributed by atoms with Crippen molar-refractivity contribution in [3.8, 4) is 22.9 Å². The van der Waals surface area contributed by atoms with Gasteiger partial charge >= 0.3 is 0 Å². The van der Waals surface area contributed by atoms with Crippen LogP contribution in [0.5, 0.6) is 11.5 Å². The van der Waals surface area contributed by atoms with Crippen molar-refractivity contribution in [1.82, 2.24) is 9.66 Å². The Morgan fingerprint density at radius 1 is 0.900 bits per heavy atom. The summed E-state index contributed by atoms with van der Waals surface area (Å²) in [5, 5.41) is 0.407. The summed E-state index contributed by atoms with van der Waals surface area (Å²) in [6.07, 6.45) is 0. The number of carbonyl (C=O) groups is 1. The highest BCUT2D eigenvalue weighted by Crippen LogP contribution is 2.27. The minimum Gasteiger partial charge on any atom is -0.493 e. The summed E-state index contributed by atoms with van der Waals surface area (Å²) in [5.41, 5.74) is 3.88. The molecule has 150 valence electrons. The Labute approximate surface area is 172 Å². The molecule has 3 aromatic carbocycles. The molecule has 0 bridgehead atoms. The van der Waals surface area contributed by atoms with Gasteiger partial charge in [0, 0.05) is 11.1 Å². The zero-order chi connectivity index (χ0) is 21.1. The summed E-state index contributed by atoms with van der Waals surface area (Å²) < 4.78 is 11.7. The van der Waals surface area contributed by atoms with E-state index in [0.29, 0.717) is 39.4 Å². The number of ether oxygens (including phenoxy) is 2. The molecule has 0 fully saturated rings. The van der Waals surface area contributed by atoms with E-state index >= 15 is 0 Å². The third kappa shape index (κ3) is 3.48. The average molecular weight is 401 g/mol. The van der Waals surface area contributed by atoms with Crippen LogP contribution in [0.25, 0.3) is 22.3 Å². The molecule has 7 nitrogen and oxygen atoms in total. The number of nitrogens with one attached hydrogen (secondary N) is 1. The highest BCUT2D eigenvalue weighted by atomic mass is 16.5. The van der Waals surface area contributed by atoms with Crippen LogP contribution in [0.3, 0.4) is 0 Å². The van der Waals surface area contributed by atoms with Crippen molar-refractivity contribution < 1.29 is 14.3 Å². The molecule has 0 saturated carbocycles. The molecule has 1 N–H and O–H groups in total. The molecule has 1 heterocycles. The van der Waals surface area contributed by atoms with E-state index in [1.54, 1.807) is 36.4 Å². The monoisotopic (exact) mass is 401 g/mol. The van der Waals surface area contributed by atoms with Gasteiger partial charge in [0.1, 0.15) is 0 Å². The second-order valence-corrected chi connectivity index (χ2v) is 6.47. The van der Waals surface area contributed by atoms with Crippen LogP contribution in [0, 0.1) is 0 Å². The van der Waals surface area contributed by atoms with Gasteiger partial charge in [0.05, 0.1) is 25.1 Å². The van der Waals surface area contributed by atoms with Gasteiger partial charge in [-0.3, -0.25) is 15.0 Å². The van der Waals surface area contributed by atoms with Gasteiger partial charge in [0.15, 0.2) is 17.3 Å². The normalized spacial score (nSPS) is 10.6. The van der Waals surface area contributed by atoms with E-state index in [1.807, 2.05) is 36.4 Å². The summed E-state index contributed by atoms with van der Waals surface area (Å²) >= 11 is 0. The molecule has 0 aliphatic rings. The first-order chi connectivity index (χ1) is 14.6. The molecule has 4 rings (SSSR count). The van der Waals surface area contributed by atoms with Crippen molar-refractivity contribution in [2.75, 3.05) is 19.6 Å². The summed E-state index contributed by atoms with van der Waals surface area (Å²) in [7, 11) is 3.01. The summed E-state index contributed by atoms with van der Waals surface area (Å²) in [4.78, 5) is 30.8. The van der Waals surface area contributed by atoms with Gasteiger partial charge in [0.2, 0.25) is 0 Å². The first-order valence-corrected chi connectivity index (χ1v) is 9.23. The van der Waals surface area contributed by atoms with E-state index in [2.05, 4.69) is 10.4 Å². The Morgan fingerprint density at radius 3 is 2.33 bits per heavy atom. The highest BCUT2D eigenvalue weighted by molar-refractivity contribution is 6.01. The minimum atomic E-state index is -0.479. The maximum absolute atomic E-state index is 13.2. The first-order valence-electron chi connectivity index (χ1n) is 9.23. The molecule has 0 saturated heterocycles. The van der Waals surface area contributed by atoms with Crippen LogP contribution in [-0.4, -0.2) is 29.8 Å². The third-order valence-corrected chi connectivity index (χ3v) is 4.67. The van der Waals surface area contributed by atoms with Crippen LogP contribution in [0.2, 0.25) is 0 Å². The molecule has 0 aliphatic heterocycles. The molecular formula is C23H19N3O4. The maximum Gasteiger partial charge on any atom is 0.280 e. The van der Waals surface area contributed by atoms with Crippen LogP contribution < -0.4 is 20.5 Å². The summed E-state index contributed by atoms with van der Waals surface area (Å²) in [5.74, 6) is 0.779. The zero-order valence-corrected chi connectivity index (χ0v) is 16.5. The topological polar surface area (TPSA) is 82.5 Å². The van der Waals surface area contributed by atoms with Gasteiger partial charge in [-0.25, -0.2) is 4.98 Å². The van der Waals surface area contributed by atoms with E-state index in [4.69, 9.17) is 9.47 Å². The number of fused-ring (bicyclic) bond motifs is 1. The second kappa shape index (κ2) is 8.08. The predicted octanol–water partition coefficient (Wildman–Crippen LogP) is 3.46. The summed E-state index contributed by atoms with van der Waals surface area (Å²) in [6, 6.07) is 21.0. The van der Waals surface area contributed by atoms with Crippen molar-refractivity contribution in [3.05, 3.63) is 88.7 Å². The number of carbonyl (C=O) groups excluding carboxylic acids is 1. The number of nitrogens with zero attached hydrogens (tertiary/aromatic N) is 2. The van der Waals surface area contributed by atoms with E-state index in [0.717, 1.165) is 0 Å². The molecule has 0 radical (unpaired) electrons. The van der Waals surface area contributed by atoms with Crippen molar-refractivity contribution in [2.24, 2.45) is 0 Å². The van der Waals surface area contributed by atoms with Gasteiger partial charge in [-0.05, 0) is 30.3 Å². The molecule has 4 aromatic rings. The molecule has 0 aliphatic carbocycles. The lowest BCUT2D eigenvalue weighted by Crippen LogP contribution is -2.35. The van der Waals surface area contributed by atoms with Gasteiger partial charge in [-0.2, -0.15) is 4.68 Å². The molecule has 7 heteroatoms. The quantitative estimate of drug-likeness (QED) is 0.554. The minimum absolute atomic E-state index is 0.312. The standard InChI is InChI=1S/C23H19N3O4/c1-29-19-13-12-16(14-20(19)30-2)22(27)25-26-21(15-8-4-3-5-9-15)24-18-11-7-6-10-17(18)23(26)28/h3-14H,1-2H3,(H,25,27). The van der Waals surface area contributed by atoms with E-state index in [-0.39, 0.29) is 5.56 Å². The van der Waals surface area contributed by atoms with Gasteiger partial charge in [-0.15, -0.1) is 0 Å². The van der Waals surface area contributed by atoms with Crippen LogP contribution in [0.15, 0.2) is 77.6 Å². The molecule has 1 amide bonds. The maximum atomic E-state index is 13.2. The van der Waals surface area contributed by atoms with Crippen LogP contribution in [0.1, 0.15) is 10.4 Å². The Kier molecular flexibility index (Phi) is 5.17. The molecule has 0 unspecified atom stereocenters. The van der Waals surface area contributed by atoms with E-state index in [1.165, 1.54) is 18.9 Å². The van der Waals surface area contributed by atoms with Gasteiger partial charge in [-0.1, -0.05) is 42.5 Å². The molecule has 0 atom stereocenters. The fourth-order valence-electron chi connectivity index (χ4n) is 3.16. The number of amides is 1. The lowest BCUT2D eigenvalue weighted by atomic mass is 10.2. The lowest BCUT2D eigenvalue weighted by molar-refractivity contribution is 0.101. The number of rotatable bonds is 5. The Hall–Kier alpha value is -4.13. The number of para-hydroxylation sites is 1. The number of benzene rings is 3. The number of hydrogen-bond donors (Lipinski definition) is 1. The van der Waals surface area contributed by atoms with E-state index < -0.39 is 5.91 Å². The number of aromatic nitrogens is 2. The predicted molar refractivity (Wildman–Crippen MR) is 115 cm³/mol. The van der Waals surface area contributed by atoms with Crippen LogP contribution >= 0.6 is 0 Å². The smallest absolute Gasteiger partial charge is 0.280 e. The SMILES string of the molecule is COc1ccc(C(=O)Nn2c(-c3ccccc3)nc3ccccc3c2=O)cc1OC.